The Labute approximate surface area is 222 Å². The van der Waals surface area contributed by atoms with Crippen LogP contribution in [-0.2, 0) is 26.0 Å². The number of aromatic nitrogens is 6. The summed E-state index contributed by atoms with van der Waals surface area (Å²) in [5, 5.41) is 37.0. The fourth-order valence-corrected chi connectivity index (χ4v) is 5.51. The van der Waals surface area contributed by atoms with Crippen molar-refractivity contribution in [3.63, 3.8) is 0 Å². The second kappa shape index (κ2) is 9.90. The lowest BCUT2D eigenvalue weighted by Gasteiger charge is -2.36. The molecule has 0 aliphatic carbocycles. The van der Waals surface area contributed by atoms with Crippen molar-refractivity contribution in [3.8, 4) is 22.5 Å². The van der Waals surface area contributed by atoms with Crippen molar-refractivity contribution >= 4 is 0 Å². The molecule has 0 atom stereocenters. The lowest BCUT2D eigenvalue weighted by Crippen LogP contribution is -2.48. The average molecular weight is 514 g/mol. The van der Waals surface area contributed by atoms with E-state index in [-0.39, 0.29) is 6.61 Å². The zero-order valence-electron chi connectivity index (χ0n) is 22.6. The number of nitrogens with one attached hydrogen (secondary N) is 1. The normalized spacial score (nSPS) is 16.7. The molecule has 0 bridgehead atoms. The van der Waals surface area contributed by atoms with Gasteiger partial charge < -0.3 is 14.9 Å². The predicted octanol–water partition coefficient (Wildman–Crippen LogP) is 4.56. The molecule has 1 aliphatic heterocycles. The standard InChI is InChI=1S/C29H35N7O2/c1-6-26-30-24(15-21-16-28(2,3)36(38)29(21,4)5)25(18-37)35(26)17-19-11-13-20(14-12-19)22-9-7-8-10-23(22)27-31-33-34-32-27/h7-14,16,37-38H,6,15,17-18H2,1-5H3,(H,31,32,33,34). The summed E-state index contributed by atoms with van der Waals surface area (Å²) >= 11 is 0. The van der Waals surface area contributed by atoms with Crippen LogP contribution in [0.25, 0.3) is 22.5 Å². The smallest absolute Gasteiger partial charge is 0.205 e. The van der Waals surface area contributed by atoms with Crippen molar-refractivity contribution in [1.29, 1.82) is 0 Å². The summed E-state index contributed by atoms with van der Waals surface area (Å²) in [7, 11) is 0. The van der Waals surface area contributed by atoms with Crippen LogP contribution in [0.4, 0.5) is 0 Å². The zero-order valence-corrected chi connectivity index (χ0v) is 22.6. The van der Waals surface area contributed by atoms with Gasteiger partial charge in [-0.05, 0) is 55.2 Å². The van der Waals surface area contributed by atoms with E-state index >= 15 is 0 Å². The summed E-state index contributed by atoms with van der Waals surface area (Å²) < 4.78 is 2.13. The van der Waals surface area contributed by atoms with E-state index in [2.05, 4.69) is 68.5 Å². The highest BCUT2D eigenvalue weighted by atomic mass is 16.5. The summed E-state index contributed by atoms with van der Waals surface area (Å²) in [4.78, 5) is 4.94. The third-order valence-corrected chi connectivity index (χ3v) is 7.57. The minimum Gasteiger partial charge on any atom is -0.390 e. The number of H-pyrrole nitrogens is 1. The average Bonchev–Trinajstić information content (AvgIpc) is 3.59. The first-order chi connectivity index (χ1) is 18.2. The molecule has 0 saturated heterocycles. The summed E-state index contributed by atoms with van der Waals surface area (Å²) in [6, 6.07) is 16.4. The molecule has 0 radical (unpaired) electrons. The Bertz CT molecular complexity index is 1450. The maximum absolute atomic E-state index is 10.7. The first-order valence-corrected chi connectivity index (χ1v) is 13.0. The van der Waals surface area contributed by atoms with Crippen molar-refractivity contribution in [2.24, 2.45) is 0 Å². The van der Waals surface area contributed by atoms with Gasteiger partial charge in [-0.2, -0.15) is 10.3 Å². The van der Waals surface area contributed by atoms with Crippen LogP contribution in [0.15, 0.2) is 60.2 Å². The van der Waals surface area contributed by atoms with Crippen molar-refractivity contribution in [3.05, 3.63) is 83.0 Å². The maximum atomic E-state index is 10.7. The Hall–Kier alpha value is -3.66. The highest BCUT2D eigenvalue weighted by molar-refractivity contribution is 5.80. The molecule has 3 heterocycles. The molecule has 0 spiro atoms. The van der Waals surface area contributed by atoms with E-state index in [1.54, 1.807) is 0 Å². The van der Waals surface area contributed by atoms with E-state index in [0.29, 0.717) is 18.8 Å². The van der Waals surface area contributed by atoms with Gasteiger partial charge in [-0.25, -0.2) is 4.98 Å². The molecule has 0 fully saturated rings. The Balaban J connectivity index is 1.43. The predicted molar refractivity (Wildman–Crippen MR) is 145 cm³/mol. The Kier molecular flexibility index (Phi) is 6.77. The number of hydroxylamine groups is 2. The van der Waals surface area contributed by atoms with E-state index in [0.717, 1.165) is 51.5 Å². The van der Waals surface area contributed by atoms with E-state index in [1.165, 1.54) is 5.06 Å². The van der Waals surface area contributed by atoms with E-state index < -0.39 is 11.1 Å². The molecule has 2 aromatic heterocycles. The Morgan fingerprint density at radius 2 is 1.68 bits per heavy atom. The second-order valence-electron chi connectivity index (χ2n) is 10.9. The second-order valence-corrected chi connectivity index (χ2v) is 10.9. The van der Waals surface area contributed by atoms with Gasteiger partial charge in [0.15, 0.2) is 0 Å². The number of aryl methyl sites for hydroxylation is 1. The summed E-state index contributed by atoms with van der Waals surface area (Å²) in [5.41, 5.74) is 5.92. The molecule has 9 heteroatoms. The number of tetrazole rings is 1. The minimum atomic E-state index is -0.514. The molecule has 2 aromatic carbocycles. The molecule has 0 unspecified atom stereocenters. The fourth-order valence-electron chi connectivity index (χ4n) is 5.51. The van der Waals surface area contributed by atoms with Crippen LogP contribution in [0.3, 0.4) is 0 Å². The molecule has 0 amide bonds. The Morgan fingerprint density at radius 1 is 0.974 bits per heavy atom. The van der Waals surface area contributed by atoms with E-state index in [1.807, 2.05) is 45.9 Å². The summed E-state index contributed by atoms with van der Waals surface area (Å²) in [6.45, 7) is 10.6. The SMILES string of the molecule is CCc1nc(CC2=CC(C)(C)N(O)C2(C)C)c(CO)n1Cc1ccc(-c2ccccc2-c2nn[nH]n2)cc1. The van der Waals surface area contributed by atoms with Crippen LogP contribution in [-0.4, -0.2) is 56.6 Å². The van der Waals surface area contributed by atoms with Gasteiger partial charge in [0.05, 0.1) is 29.1 Å². The molecule has 198 valence electrons. The minimum absolute atomic E-state index is 0.0988. The molecule has 0 saturated carbocycles. The van der Waals surface area contributed by atoms with Gasteiger partial charge in [0.2, 0.25) is 5.82 Å². The molecule has 4 aromatic rings. The molecule has 9 nitrogen and oxygen atoms in total. The number of nitrogens with zero attached hydrogens (tertiary/aromatic N) is 6. The highest BCUT2D eigenvalue weighted by Gasteiger charge is 2.45. The molecule has 1 aliphatic rings. The first kappa shape index (κ1) is 26.0. The highest BCUT2D eigenvalue weighted by Crippen LogP contribution is 2.40. The van der Waals surface area contributed by atoms with Crippen LogP contribution in [0, 0.1) is 0 Å². The van der Waals surface area contributed by atoms with Crippen LogP contribution in [0.2, 0.25) is 0 Å². The first-order valence-electron chi connectivity index (χ1n) is 13.0. The van der Waals surface area contributed by atoms with Crippen LogP contribution in [0.1, 0.15) is 57.4 Å². The van der Waals surface area contributed by atoms with E-state index in [9.17, 15) is 10.3 Å². The molecule has 3 N–H and O–H groups in total. The topological polar surface area (TPSA) is 116 Å². The number of aromatic amines is 1. The van der Waals surface area contributed by atoms with E-state index in [4.69, 9.17) is 4.98 Å². The number of hydrogen-bond acceptors (Lipinski definition) is 7. The Morgan fingerprint density at radius 3 is 2.26 bits per heavy atom. The number of aliphatic hydroxyl groups excluding tert-OH is 1. The summed E-state index contributed by atoms with van der Waals surface area (Å²) in [6.07, 6.45) is 3.45. The van der Waals surface area contributed by atoms with Crippen molar-refractivity contribution in [2.45, 2.75) is 71.7 Å². The third kappa shape index (κ3) is 4.57. The van der Waals surface area contributed by atoms with Gasteiger partial charge in [-0.3, -0.25) is 0 Å². The maximum Gasteiger partial charge on any atom is 0.205 e. The third-order valence-electron chi connectivity index (χ3n) is 7.57. The van der Waals surface area contributed by atoms with Crippen LogP contribution >= 0.6 is 0 Å². The summed E-state index contributed by atoms with van der Waals surface area (Å²) in [5.74, 6) is 1.50. The van der Waals surface area contributed by atoms with Gasteiger partial charge in [0, 0.05) is 24.9 Å². The zero-order chi connectivity index (χ0) is 27.1. The fraction of sp³-hybridized carbons (Fsp3) is 0.379. The van der Waals surface area contributed by atoms with Crippen molar-refractivity contribution in [1.82, 2.24) is 35.2 Å². The number of rotatable bonds is 8. The molecule has 38 heavy (non-hydrogen) atoms. The lowest BCUT2D eigenvalue weighted by molar-refractivity contribution is -0.185. The van der Waals surface area contributed by atoms with Crippen LogP contribution in [0.5, 0.6) is 0 Å². The van der Waals surface area contributed by atoms with Gasteiger partial charge in [-0.15, -0.1) is 10.2 Å². The van der Waals surface area contributed by atoms with Gasteiger partial charge in [-0.1, -0.05) is 61.5 Å². The largest absolute Gasteiger partial charge is 0.390 e. The molecular formula is C29H35N7O2. The lowest BCUT2D eigenvalue weighted by atomic mass is 9.92. The molecular weight excluding hydrogens is 478 g/mol. The number of hydrogen-bond donors (Lipinski definition) is 3. The van der Waals surface area contributed by atoms with Gasteiger partial charge in [0.1, 0.15) is 5.82 Å². The molecule has 5 rings (SSSR count). The van der Waals surface area contributed by atoms with Gasteiger partial charge >= 0.3 is 0 Å². The quantitative estimate of drug-likeness (QED) is 0.296. The number of imidazole rings is 1. The van der Waals surface area contributed by atoms with Crippen molar-refractivity contribution < 1.29 is 10.3 Å². The van der Waals surface area contributed by atoms with Gasteiger partial charge in [0.25, 0.3) is 0 Å². The van der Waals surface area contributed by atoms with Crippen molar-refractivity contribution in [2.75, 3.05) is 0 Å². The number of benzene rings is 2. The van der Waals surface area contributed by atoms with Crippen LogP contribution < -0.4 is 0 Å². The monoisotopic (exact) mass is 513 g/mol. The number of aliphatic hydroxyl groups is 1.